The summed E-state index contributed by atoms with van der Waals surface area (Å²) < 4.78 is 18.3. The largest absolute Gasteiger partial charge is 0.492 e. The SMILES string of the molecule is CCCn1nnnc1COC(=O)c1cc(Br)c(OC)c(OCC)c1. The van der Waals surface area contributed by atoms with Crippen LogP contribution in [-0.4, -0.2) is 39.9 Å². The van der Waals surface area contributed by atoms with Crippen molar-refractivity contribution in [3.05, 3.63) is 28.0 Å². The Balaban J connectivity index is 2.13. The molecule has 2 rings (SSSR count). The zero-order valence-electron chi connectivity index (χ0n) is 13.8. The van der Waals surface area contributed by atoms with Crippen LogP contribution in [0, 0.1) is 0 Å². The molecule has 1 aromatic carbocycles. The zero-order valence-corrected chi connectivity index (χ0v) is 15.4. The highest BCUT2D eigenvalue weighted by atomic mass is 79.9. The number of rotatable bonds is 8. The molecule has 0 bridgehead atoms. The van der Waals surface area contributed by atoms with Crippen LogP contribution in [0.15, 0.2) is 16.6 Å². The van der Waals surface area contributed by atoms with E-state index in [4.69, 9.17) is 14.2 Å². The van der Waals surface area contributed by atoms with Gasteiger partial charge >= 0.3 is 5.97 Å². The number of methoxy groups -OCH3 is 1. The zero-order chi connectivity index (χ0) is 17.5. The van der Waals surface area contributed by atoms with Gasteiger partial charge in [-0.2, -0.15) is 0 Å². The summed E-state index contributed by atoms with van der Waals surface area (Å²) in [5.74, 6) is 1.01. The Morgan fingerprint density at radius 3 is 2.79 bits per heavy atom. The minimum absolute atomic E-state index is 0.000546. The van der Waals surface area contributed by atoms with Crippen LogP contribution in [0.1, 0.15) is 36.5 Å². The van der Waals surface area contributed by atoms with Crippen LogP contribution >= 0.6 is 15.9 Å². The number of carbonyl (C=O) groups excluding carboxylic acids is 1. The van der Waals surface area contributed by atoms with Crippen LogP contribution in [0.2, 0.25) is 0 Å². The number of hydrogen-bond donors (Lipinski definition) is 0. The fourth-order valence-electron chi connectivity index (χ4n) is 2.07. The van der Waals surface area contributed by atoms with Gasteiger partial charge in [0.25, 0.3) is 0 Å². The molecule has 1 aromatic heterocycles. The summed E-state index contributed by atoms with van der Waals surface area (Å²) in [4.78, 5) is 12.3. The lowest BCUT2D eigenvalue weighted by Gasteiger charge is -2.13. The van der Waals surface area contributed by atoms with Gasteiger partial charge in [-0.05, 0) is 51.8 Å². The summed E-state index contributed by atoms with van der Waals surface area (Å²) in [5, 5.41) is 11.3. The van der Waals surface area contributed by atoms with Crippen molar-refractivity contribution in [2.45, 2.75) is 33.4 Å². The average molecular weight is 399 g/mol. The Bertz CT molecular complexity index is 705. The van der Waals surface area contributed by atoms with Crippen LogP contribution in [0.4, 0.5) is 0 Å². The van der Waals surface area contributed by atoms with E-state index < -0.39 is 5.97 Å². The minimum Gasteiger partial charge on any atom is -0.492 e. The fraction of sp³-hybridized carbons (Fsp3) is 0.467. The molecule has 0 spiro atoms. The number of aryl methyl sites for hydroxylation is 1. The van der Waals surface area contributed by atoms with Crippen molar-refractivity contribution in [1.29, 1.82) is 0 Å². The Kier molecular flexibility index (Phi) is 6.53. The van der Waals surface area contributed by atoms with Crippen molar-refractivity contribution in [1.82, 2.24) is 20.2 Å². The molecule has 0 saturated heterocycles. The van der Waals surface area contributed by atoms with Crippen LogP contribution in [0.3, 0.4) is 0 Å². The maximum Gasteiger partial charge on any atom is 0.338 e. The summed E-state index contributed by atoms with van der Waals surface area (Å²) in [5.41, 5.74) is 0.348. The standard InChI is InChI=1S/C15H19BrN4O4/c1-4-6-20-13(17-18-19-20)9-24-15(21)10-7-11(16)14(22-3)12(8-10)23-5-2/h7-8H,4-6,9H2,1-3H3. The van der Waals surface area contributed by atoms with Gasteiger partial charge in [0.15, 0.2) is 23.9 Å². The molecular formula is C15H19BrN4O4. The lowest BCUT2D eigenvalue weighted by molar-refractivity contribution is 0.0455. The molecule has 1 heterocycles. The first-order valence-electron chi connectivity index (χ1n) is 7.53. The number of ether oxygens (including phenoxy) is 3. The molecule has 0 aliphatic carbocycles. The smallest absolute Gasteiger partial charge is 0.338 e. The number of benzene rings is 1. The molecule has 0 N–H and O–H groups in total. The number of nitrogens with zero attached hydrogens (tertiary/aromatic N) is 4. The molecule has 0 fully saturated rings. The molecule has 0 saturated carbocycles. The molecule has 2 aromatic rings. The first-order chi connectivity index (χ1) is 11.6. The van der Waals surface area contributed by atoms with Crippen molar-refractivity contribution in [3.8, 4) is 11.5 Å². The molecule has 9 heteroatoms. The average Bonchev–Trinajstić information content (AvgIpc) is 3.00. The highest BCUT2D eigenvalue weighted by molar-refractivity contribution is 9.10. The molecule has 0 amide bonds. The maximum absolute atomic E-state index is 12.3. The molecule has 8 nitrogen and oxygen atoms in total. The van der Waals surface area contributed by atoms with Crippen molar-refractivity contribution in [3.63, 3.8) is 0 Å². The van der Waals surface area contributed by atoms with Gasteiger partial charge in [0.2, 0.25) is 0 Å². The highest BCUT2D eigenvalue weighted by Crippen LogP contribution is 2.36. The van der Waals surface area contributed by atoms with Crippen molar-refractivity contribution < 1.29 is 19.0 Å². The second-order valence-electron chi connectivity index (χ2n) is 4.82. The summed E-state index contributed by atoms with van der Waals surface area (Å²) >= 11 is 3.37. The van der Waals surface area contributed by atoms with Gasteiger partial charge < -0.3 is 14.2 Å². The normalized spacial score (nSPS) is 10.5. The van der Waals surface area contributed by atoms with Crippen LogP contribution < -0.4 is 9.47 Å². The Morgan fingerprint density at radius 2 is 2.12 bits per heavy atom. The number of hydrogen-bond acceptors (Lipinski definition) is 7. The molecule has 0 radical (unpaired) electrons. The van der Waals surface area contributed by atoms with Gasteiger partial charge in [-0.1, -0.05) is 6.92 Å². The van der Waals surface area contributed by atoms with Crippen LogP contribution in [-0.2, 0) is 17.9 Å². The van der Waals surface area contributed by atoms with Crippen LogP contribution in [0.25, 0.3) is 0 Å². The second kappa shape index (κ2) is 8.62. The van der Waals surface area contributed by atoms with E-state index in [1.165, 1.54) is 7.11 Å². The minimum atomic E-state index is -0.495. The van der Waals surface area contributed by atoms with E-state index >= 15 is 0 Å². The summed E-state index contributed by atoms with van der Waals surface area (Å²) in [6, 6.07) is 3.21. The topological polar surface area (TPSA) is 88.4 Å². The molecule has 0 aliphatic rings. The van der Waals surface area contributed by atoms with E-state index in [2.05, 4.69) is 31.5 Å². The van der Waals surface area contributed by atoms with E-state index in [1.807, 2.05) is 13.8 Å². The summed E-state index contributed by atoms with van der Waals surface area (Å²) in [7, 11) is 1.54. The second-order valence-corrected chi connectivity index (χ2v) is 5.67. The third-order valence-electron chi connectivity index (χ3n) is 3.12. The summed E-state index contributed by atoms with van der Waals surface area (Å²) in [6.45, 7) is 4.99. The van der Waals surface area contributed by atoms with Gasteiger partial charge in [-0.15, -0.1) is 5.10 Å². The molecular weight excluding hydrogens is 380 g/mol. The Hall–Kier alpha value is -2.16. The molecule has 0 atom stereocenters. The molecule has 130 valence electrons. The highest BCUT2D eigenvalue weighted by Gasteiger charge is 2.17. The summed E-state index contributed by atoms with van der Waals surface area (Å²) in [6.07, 6.45) is 0.884. The van der Waals surface area contributed by atoms with Crippen LogP contribution in [0.5, 0.6) is 11.5 Å². The van der Waals surface area contributed by atoms with Gasteiger partial charge in [-0.25, -0.2) is 9.48 Å². The first kappa shape index (κ1) is 18.2. The molecule has 0 unspecified atom stereocenters. The van der Waals surface area contributed by atoms with Crippen molar-refractivity contribution >= 4 is 21.9 Å². The third kappa shape index (κ3) is 4.22. The lowest BCUT2D eigenvalue weighted by atomic mass is 10.2. The predicted octanol–water partition coefficient (Wildman–Crippen LogP) is 2.61. The predicted molar refractivity (Wildman–Crippen MR) is 89.1 cm³/mol. The number of halogens is 1. The van der Waals surface area contributed by atoms with E-state index in [-0.39, 0.29) is 6.61 Å². The maximum atomic E-state index is 12.3. The Morgan fingerprint density at radius 1 is 1.33 bits per heavy atom. The van der Waals surface area contributed by atoms with Gasteiger partial charge in [0.1, 0.15) is 0 Å². The van der Waals surface area contributed by atoms with E-state index in [9.17, 15) is 4.79 Å². The molecule has 0 aliphatic heterocycles. The number of esters is 1. The van der Waals surface area contributed by atoms with E-state index in [0.717, 1.165) is 6.42 Å². The lowest BCUT2D eigenvalue weighted by Crippen LogP contribution is -2.11. The van der Waals surface area contributed by atoms with E-state index in [0.29, 0.717) is 40.5 Å². The third-order valence-corrected chi connectivity index (χ3v) is 3.71. The number of aromatic nitrogens is 4. The number of carbonyl (C=O) groups is 1. The quantitative estimate of drug-likeness (QED) is 0.631. The molecule has 24 heavy (non-hydrogen) atoms. The Labute approximate surface area is 148 Å². The number of tetrazole rings is 1. The van der Waals surface area contributed by atoms with Gasteiger partial charge in [-0.3, -0.25) is 0 Å². The van der Waals surface area contributed by atoms with Crippen molar-refractivity contribution in [2.75, 3.05) is 13.7 Å². The monoisotopic (exact) mass is 398 g/mol. The van der Waals surface area contributed by atoms with Gasteiger partial charge in [0, 0.05) is 6.54 Å². The van der Waals surface area contributed by atoms with Gasteiger partial charge in [0.05, 0.1) is 23.8 Å². The van der Waals surface area contributed by atoms with Crippen molar-refractivity contribution in [2.24, 2.45) is 0 Å². The fourth-order valence-corrected chi connectivity index (χ4v) is 2.68. The van der Waals surface area contributed by atoms with E-state index in [1.54, 1.807) is 16.8 Å². The first-order valence-corrected chi connectivity index (χ1v) is 8.32.